The molecule has 128 valence electrons. The Labute approximate surface area is 129 Å². The molecule has 0 saturated heterocycles. The second-order valence-electron chi connectivity index (χ2n) is 6.59. The first-order valence-electron chi connectivity index (χ1n) is 7.85. The summed E-state index contributed by atoms with van der Waals surface area (Å²) in [5.74, 6) is 0.456. The maximum absolute atomic E-state index is 10.3. The predicted octanol–water partition coefficient (Wildman–Crippen LogP) is 1.63. The van der Waals surface area contributed by atoms with Crippen LogP contribution in [0, 0.1) is 32.1 Å². The minimum atomic E-state index is -0.513. The van der Waals surface area contributed by atoms with E-state index in [1.165, 1.54) is 0 Å². The van der Waals surface area contributed by atoms with Crippen LogP contribution >= 0.6 is 0 Å². The van der Waals surface area contributed by atoms with E-state index in [0.29, 0.717) is 25.7 Å². The lowest BCUT2D eigenvalue weighted by Crippen LogP contribution is -2.34. The van der Waals surface area contributed by atoms with Gasteiger partial charge in [-0.3, -0.25) is 20.2 Å². The largest absolute Gasteiger partial charge is 0.393 e. The van der Waals surface area contributed by atoms with Gasteiger partial charge >= 0.3 is 0 Å². The van der Waals surface area contributed by atoms with Gasteiger partial charge in [-0.1, -0.05) is 13.8 Å². The molecule has 2 N–H and O–H groups in total. The molecular formula is C14H26N2O6. The summed E-state index contributed by atoms with van der Waals surface area (Å²) in [7, 11) is 0. The van der Waals surface area contributed by atoms with Crippen LogP contribution in [-0.2, 0) is 0 Å². The molecule has 0 aromatic heterocycles. The van der Waals surface area contributed by atoms with Crippen LogP contribution in [0.25, 0.3) is 0 Å². The van der Waals surface area contributed by atoms with Crippen LogP contribution in [0.5, 0.6) is 0 Å². The van der Waals surface area contributed by atoms with Crippen molar-refractivity contribution < 1.29 is 20.1 Å². The zero-order valence-corrected chi connectivity index (χ0v) is 13.1. The van der Waals surface area contributed by atoms with Crippen LogP contribution in [0.4, 0.5) is 0 Å². The zero-order chi connectivity index (χ0) is 16.9. The molecule has 8 nitrogen and oxygen atoms in total. The summed E-state index contributed by atoms with van der Waals surface area (Å²) in [5, 5.41) is 39.2. The Balaban J connectivity index is 0.000000220. The molecule has 6 atom stereocenters. The van der Waals surface area contributed by atoms with E-state index in [4.69, 9.17) is 0 Å². The van der Waals surface area contributed by atoms with Crippen molar-refractivity contribution in [3.63, 3.8) is 0 Å². The van der Waals surface area contributed by atoms with Gasteiger partial charge in [-0.25, -0.2) is 0 Å². The molecule has 0 bridgehead atoms. The van der Waals surface area contributed by atoms with Gasteiger partial charge in [0.25, 0.3) is 0 Å². The van der Waals surface area contributed by atoms with Crippen molar-refractivity contribution in [1.82, 2.24) is 0 Å². The molecule has 8 heteroatoms. The van der Waals surface area contributed by atoms with E-state index in [0.717, 1.165) is 12.8 Å². The Kier molecular flexibility index (Phi) is 7.15. The van der Waals surface area contributed by atoms with Crippen molar-refractivity contribution in [2.75, 3.05) is 0 Å². The zero-order valence-electron chi connectivity index (χ0n) is 13.1. The molecule has 2 rings (SSSR count). The number of hydrogen-bond donors (Lipinski definition) is 2. The molecule has 0 heterocycles. The Morgan fingerprint density at radius 3 is 1.32 bits per heavy atom. The third-order valence-corrected chi connectivity index (χ3v) is 4.85. The predicted molar refractivity (Wildman–Crippen MR) is 79.6 cm³/mol. The first-order valence-corrected chi connectivity index (χ1v) is 7.85. The minimum Gasteiger partial charge on any atom is -0.393 e. The maximum Gasteiger partial charge on any atom is 0.215 e. The quantitative estimate of drug-likeness (QED) is 0.588. The van der Waals surface area contributed by atoms with Gasteiger partial charge in [0.1, 0.15) is 0 Å². The first kappa shape index (κ1) is 18.8. The normalized spacial score (nSPS) is 38.5. The number of aliphatic hydroxyl groups excluding tert-OH is 2. The second-order valence-corrected chi connectivity index (χ2v) is 6.59. The highest BCUT2D eigenvalue weighted by molar-refractivity contribution is 4.77. The Morgan fingerprint density at radius 1 is 0.773 bits per heavy atom. The highest BCUT2D eigenvalue weighted by atomic mass is 16.6. The number of hydrogen-bond acceptors (Lipinski definition) is 6. The Bertz CT molecular complexity index is 356. The second kappa shape index (κ2) is 8.38. The maximum atomic E-state index is 10.3. The lowest BCUT2D eigenvalue weighted by Gasteiger charge is -2.25. The number of rotatable bonds is 2. The van der Waals surface area contributed by atoms with Gasteiger partial charge in [-0.2, -0.15) is 0 Å². The molecule has 6 unspecified atom stereocenters. The lowest BCUT2D eigenvalue weighted by molar-refractivity contribution is -0.529. The highest BCUT2D eigenvalue weighted by Gasteiger charge is 2.33. The highest BCUT2D eigenvalue weighted by Crippen LogP contribution is 2.26. The molecule has 2 saturated carbocycles. The third-order valence-electron chi connectivity index (χ3n) is 4.85. The monoisotopic (exact) mass is 318 g/mol. The molecule has 2 aliphatic rings. The molecule has 0 radical (unpaired) electrons. The fraction of sp³-hybridized carbons (Fsp3) is 1.00. The molecule has 0 aliphatic heterocycles. The van der Waals surface area contributed by atoms with Crippen LogP contribution in [0.2, 0.25) is 0 Å². The van der Waals surface area contributed by atoms with Gasteiger partial charge in [0, 0.05) is 35.5 Å². The van der Waals surface area contributed by atoms with E-state index in [-0.39, 0.29) is 21.7 Å². The molecule has 0 aromatic carbocycles. The van der Waals surface area contributed by atoms with Gasteiger partial charge in [-0.05, 0) is 24.7 Å². The number of nitro groups is 2. The smallest absolute Gasteiger partial charge is 0.215 e. The number of nitrogens with zero attached hydrogens (tertiary/aromatic N) is 2. The summed E-state index contributed by atoms with van der Waals surface area (Å²) in [5.41, 5.74) is 0. The number of aliphatic hydroxyl groups is 2. The average Bonchev–Trinajstić information content (AvgIpc) is 2.45. The van der Waals surface area contributed by atoms with Crippen molar-refractivity contribution in [2.24, 2.45) is 11.8 Å². The molecular weight excluding hydrogens is 292 g/mol. The van der Waals surface area contributed by atoms with Crippen molar-refractivity contribution in [3.8, 4) is 0 Å². The SMILES string of the molecule is CC1CCC([N+](=O)[O-])CC1O.CC1CCC([N+](=O)[O-])CC1O. The average molecular weight is 318 g/mol. The van der Waals surface area contributed by atoms with Crippen LogP contribution in [0.15, 0.2) is 0 Å². The molecule has 0 spiro atoms. The van der Waals surface area contributed by atoms with E-state index in [1.54, 1.807) is 0 Å². The fourth-order valence-corrected chi connectivity index (χ4v) is 2.94. The summed E-state index contributed by atoms with van der Waals surface area (Å²) in [6, 6.07) is -1.03. The summed E-state index contributed by atoms with van der Waals surface area (Å²) >= 11 is 0. The van der Waals surface area contributed by atoms with Gasteiger partial charge < -0.3 is 10.2 Å². The van der Waals surface area contributed by atoms with Crippen LogP contribution < -0.4 is 0 Å². The summed E-state index contributed by atoms with van der Waals surface area (Å²) < 4.78 is 0. The minimum absolute atomic E-state index is 0.228. The van der Waals surface area contributed by atoms with Crippen LogP contribution in [0.1, 0.15) is 52.4 Å². The van der Waals surface area contributed by atoms with Crippen molar-refractivity contribution in [2.45, 2.75) is 76.7 Å². The first-order chi connectivity index (χ1) is 10.2. The van der Waals surface area contributed by atoms with E-state index < -0.39 is 24.3 Å². The van der Waals surface area contributed by atoms with Crippen LogP contribution in [-0.4, -0.2) is 44.4 Å². The van der Waals surface area contributed by atoms with Gasteiger partial charge in [0.15, 0.2) is 0 Å². The van der Waals surface area contributed by atoms with Crippen molar-refractivity contribution in [1.29, 1.82) is 0 Å². The molecule has 2 fully saturated rings. The van der Waals surface area contributed by atoms with E-state index in [1.807, 2.05) is 13.8 Å². The van der Waals surface area contributed by atoms with E-state index in [9.17, 15) is 30.4 Å². The van der Waals surface area contributed by atoms with Crippen LogP contribution in [0.3, 0.4) is 0 Å². The lowest BCUT2D eigenvalue weighted by atomic mass is 9.85. The van der Waals surface area contributed by atoms with Crippen molar-refractivity contribution >= 4 is 0 Å². The Morgan fingerprint density at radius 2 is 1.09 bits per heavy atom. The van der Waals surface area contributed by atoms with Gasteiger partial charge in [0.2, 0.25) is 12.1 Å². The summed E-state index contributed by atoms with van der Waals surface area (Å²) in [4.78, 5) is 20.0. The topological polar surface area (TPSA) is 127 Å². The molecule has 22 heavy (non-hydrogen) atoms. The van der Waals surface area contributed by atoms with Gasteiger partial charge in [-0.15, -0.1) is 0 Å². The molecule has 0 aromatic rings. The fourth-order valence-electron chi connectivity index (χ4n) is 2.94. The molecule has 2 aliphatic carbocycles. The van der Waals surface area contributed by atoms with Gasteiger partial charge in [0.05, 0.1) is 12.2 Å². The van der Waals surface area contributed by atoms with E-state index >= 15 is 0 Å². The standard InChI is InChI=1S/2C7H13NO3/c2*1-5-2-3-6(8(10)11)4-7(5)9/h2*5-7,9H,2-4H2,1H3. The Hall–Kier alpha value is -1.28. The summed E-state index contributed by atoms with van der Waals surface area (Å²) in [6.45, 7) is 3.86. The van der Waals surface area contributed by atoms with E-state index in [2.05, 4.69) is 0 Å². The third kappa shape index (κ3) is 5.49. The van der Waals surface area contributed by atoms with Crippen molar-refractivity contribution in [3.05, 3.63) is 20.2 Å². The molecule has 0 amide bonds. The summed E-state index contributed by atoms with van der Waals surface area (Å²) in [6.07, 6.45) is 2.48.